The Hall–Kier alpha value is -3.48. The van der Waals surface area contributed by atoms with E-state index in [-0.39, 0.29) is 11.4 Å². The molecule has 248 valence electrons. The highest BCUT2D eigenvalue weighted by Crippen LogP contribution is 2.33. The van der Waals surface area contributed by atoms with Gasteiger partial charge in [0.15, 0.2) is 12.6 Å². The Morgan fingerprint density at radius 2 is 1.53 bits per heavy atom. The molecule has 2 saturated heterocycles. The molecule has 2 aromatic rings. The van der Waals surface area contributed by atoms with Crippen LogP contribution in [0, 0.1) is 24.5 Å². The van der Waals surface area contributed by atoms with E-state index < -0.39 is 98.3 Å². The summed E-state index contributed by atoms with van der Waals surface area (Å²) >= 11 is 0. The van der Waals surface area contributed by atoms with Crippen LogP contribution in [0.15, 0.2) is 42.5 Å². The van der Waals surface area contributed by atoms with Crippen molar-refractivity contribution >= 4 is 23.6 Å². The first-order chi connectivity index (χ1) is 21.4. The molecular formula is C29H36F2N2O12. The number of carbonyl (C=O) groups excluding carboxylic acids is 2. The second-order valence-corrected chi connectivity index (χ2v) is 10.6. The number of benzene rings is 2. The van der Waals surface area contributed by atoms with Crippen LogP contribution >= 0.6 is 0 Å². The monoisotopic (exact) mass is 642 g/mol. The number of para-hydroxylation sites is 1. The second-order valence-electron chi connectivity index (χ2n) is 10.6. The zero-order valence-electron chi connectivity index (χ0n) is 24.5. The van der Waals surface area contributed by atoms with Crippen LogP contribution in [0.1, 0.15) is 12.5 Å². The number of ether oxygens (including phenoxy) is 6. The van der Waals surface area contributed by atoms with Crippen LogP contribution in [0.5, 0.6) is 0 Å². The average molecular weight is 643 g/mol. The van der Waals surface area contributed by atoms with Gasteiger partial charge in [-0.25, -0.2) is 18.4 Å². The van der Waals surface area contributed by atoms with Gasteiger partial charge in [0, 0.05) is 13.0 Å². The van der Waals surface area contributed by atoms with Gasteiger partial charge in [-0.1, -0.05) is 25.1 Å². The summed E-state index contributed by atoms with van der Waals surface area (Å²) in [5.41, 5.74) is 0.326. The Labute approximate surface area is 256 Å². The third-order valence-electron chi connectivity index (χ3n) is 7.45. The van der Waals surface area contributed by atoms with E-state index in [0.717, 1.165) is 12.1 Å². The van der Waals surface area contributed by atoms with Gasteiger partial charge in [0.05, 0.1) is 18.0 Å². The SMILES string of the molecule is COC1O[C@H](CO)[C@@H](O[C@@H]2O[C@H](COC(=O)Nc3cc(C)ccc3F)[C@@H](OC(=O)Nc3ccccc3F)[C@H](C)[C@H]2O)[C@H](O)[C@H]1O. The number of nitrogens with one attached hydrogen (secondary N) is 2. The van der Waals surface area contributed by atoms with Crippen molar-refractivity contribution in [1.82, 2.24) is 0 Å². The molecular weight excluding hydrogens is 606 g/mol. The van der Waals surface area contributed by atoms with E-state index in [1.165, 1.54) is 44.4 Å². The summed E-state index contributed by atoms with van der Waals surface area (Å²) in [7, 11) is 1.22. The highest BCUT2D eigenvalue weighted by molar-refractivity contribution is 5.85. The van der Waals surface area contributed by atoms with Crippen LogP contribution in [-0.4, -0.2) is 108 Å². The summed E-state index contributed by atoms with van der Waals surface area (Å²) in [6.45, 7) is 1.87. The number of carbonyl (C=O) groups is 2. The van der Waals surface area contributed by atoms with Gasteiger partial charge in [-0.15, -0.1) is 0 Å². The van der Waals surface area contributed by atoms with Crippen molar-refractivity contribution in [2.75, 3.05) is 31.0 Å². The van der Waals surface area contributed by atoms with Crippen LogP contribution < -0.4 is 10.6 Å². The van der Waals surface area contributed by atoms with E-state index in [9.17, 15) is 38.8 Å². The van der Waals surface area contributed by atoms with E-state index in [0.29, 0.717) is 5.56 Å². The first-order valence-electron chi connectivity index (χ1n) is 14.0. The standard InChI is InChI=1S/C29H36F2N2O12/c1-13-8-9-16(31)18(10-13)33-28(38)41-12-20-24(45-29(39)32-17-7-5-4-6-15(17)30)14(2)21(35)27(43-20)44-25-19(11-34)42-26(40-3)23(37)22(25)36/h4-10,14,19-27,34-37H,11-12H2,1-3H3,(H,32,39)(H,33,38)/t14-,19-,20-,21-,22-,23-,24+,25-,26?,27+/m1/s1. The number of aliphatic hydroxyl groups excluding tert-OH is 4. The van der Waals surface area contributed by atoms with Crippen LogP contribution in [0.4, 0.5) is 29.7 Å². The molecule has 2 heterocycles. The van der Waals surface area contributed by atoms with Gasteiger partial charge in [0.1, 0.15) is 61.0 Å². The Balaban J connectivity index is 1.52. The maximum atomic E-state index is 14.2. The van der Waals surface area contributed by atoms with Gasteiger partial charge < -0.3 is 48.8 Å². The lowest BCUT2D eigenvalue weighted by Gasteiger charge is -2.46. The van der Waals surface area contributed by atoms with Crippen LogP contribution in [0.2, 0.25) is 0 Å². The molecule has 0 saturated carbocycles. The molecule has 6 N–H and O–H groups in total. The summed E-state index contributed by atoms with van der Waals surface area (Å²) in [6.07, 6.45) is -15.2. The molecule has 0 bridgehead atoms. The molecule has 2 fully saturated rings. The third kappa shape index (κ3) is 8.22. The molecule has 0 radical (unpaired) electrons. The minimum atomic E-state index is -1.66. The molecule has 45 heavy (non-hydrogen) atoms. The maximum absolute atomic E-state index is 14.2. The molecule has 1 unspecified atom stereocenters. The van der Waals surface area contributed by atoms with Crippen molar-refractivity contribution in [1.29, 1.82) is 0 Å². The van der Waals surface area contributed by atoms with Crippen molar-refractivity contribution < 1.29 is 67.2 Å². The van der Waals surface area contributed by atoms with Crippen molar-refractivity contribution in [2.24, 2.45) is 5.92 Å². The first-order valence-corrected chi connectivity index (χ1v) is 14.0. The fourth-order valence-corrected chi connectivity index (χ4v) is 4.98. The van der Waals surface area contributed by atoms with Crippen LogP contribution in [-0.2, 0) is 28.4 Å². The number of methoxy groups -OCH3 is 1. The van der Waals surface area contributed by atoms with Gasteiger partial charge in [0.2, 0.25) is 0 Å². The Morgan fingerprint density at radius 1 is 0.867 bits per heavy atom. The molecule has 10 atom stereocenters. The number of amides is 2. The van der Waals surface area contributed by atoms with Crippen molar-refractivity contribution in [2.45, 2.75) is 69.2 Å². The molecule has 2 amide bonds. The Bertz CT molecular complexity index is 1320. The smallest absolute Gasteiger partial charge is 0.412 e. The number of aliphatic hydroxyl groups is 4. The highest BCUT2D eigenvalue weighted by atomic mass is 19.1. The minimum Gasteiger partial charge on any atom is -0.446 e. The van der Waals surface area contributed by atoms with Gasteiger partial charge in [-0.3, -0.25) is 10.6 Å². The molecule has 2 aliphatic rings. The zero-order chi connectivity index (χ0) is 32.8. The molecule has 14 nitrogen and oxygen atoms in total. The first kappa shape index (κ1) is 34.4. The fraction of sp³-hybridized carbons (Fsp3) is 0.517. The van der Waals surface area contributed by atoms with Crippen LogP contribution in [0.25, 0.3) is 0 Å². The molecule has 0 spiro atoms. The summed E-state index contributed by atoms with van der Waals surface area (Å²) < 4.78 is 61.0. The van der Waals surface area contributed by atoms with E-state index in [2.05, 4.69) is 10.6 Å². The van der Waals surface area contributed by atoms with Crippen molar-refractivity contribution in [3.63, 3.8) is 0 Å². The summed E-state index contributed by atoms with van der Waals surface area (Å²) in [4.78, 5) is 25.3. The Morgan fingerprint density at radius 3 is 2.22 bits per heavy atom. The molecule has 0 aliphatic carbocycles. The number of anilines is 2. The zero-order valence-corrected chi connectivity index (χ0v) is 24.5. The molecule has 0 aromatic heterocycles. The van der Waals surface area contributed by atoms with E-state index >= 15 is 0 Å². The molecule has 16 heteroatoms. The van der Waals surface area contributed by atoms with E-state index in [4.69, 9.17) is 28.4 Å². The van der Waals surface area contributed by atoms with E-state index in [1.54, 1.807) is 6.92 Å². The topological polar surface area (TPSA) is 194 Å². The number of rotatable bonds is 9. The summed E-state index contributed by atoms with van der Waals surface area (Å²) in [5.74, 6) is -2.44. The second kappa shape index (κ2) is 15.2. The minimum absolute atomic E-state index is 0.152. The maximum Gasteiger partial charge on any atom is 0.412 e. The number of hydrogen-bond acceptors (Lipinski definition) is 12. The molecule has 4 rings (SSSR count). The van der Waals surface area contributed by atoms with Crippen molar-refractivity contribution in [3.8, 4) is 0 Å². The van der Waals surface area contributed by atoms with Gasteiger partial charge in [-0.2, -0.15) is 0 Å². The lowest BCUT2D eigenvalue weighted by molar-refractivity contribution is -0.352. The largest absolute Gasteiger partial charge is 0.446 e. The van der Waals surface area contributed by atoms with Crippen LogP contribution in [0.3, 0.4) is 0 Å². The number of aryl methyl sites for hydroxylation is 1. The molecule has 2 aliphatic heterocycles. The quantitative estimate of drug-likeness (QED) is 0.232. The highest BCUT2D eigenvalue weighted by Gasteiger charge is 2.51. The van der Waals surface area contributed by atoms with Crippen molar-refractivity contribution in [3.05, 3.63) is 59.7 Å². The third-order valence-corrected chi connectivity index (χ3v) is 7.45. The normalized spacial score (nSPS) is 31.6. The Kier molecular flexibility index (Phi) is 11.6. The predicted molar refractivity (Wildman–Crippen MR) is 150 cm³/mol. The molecule has 2 aromatic carbocycles. The summed E-state index contributed by atoms with van der Waals surface area (Å²) in [5, 5.41) is 46.5. The lowest BCUT2D eigenvalue weighted by atomic mass is 9.90. The lowest BCUT2D eigenvalue weighted by Crippen LogP contribution is -2.63. The summed E-state index contributed by atoms with van der Waals surface area (Å²) in [6, 6.07) is 9.37. The van der Waals surface area contributed by atoms with E-state index in [1.807, 2.05) is 0 Å². The predicted octanol–water partition coefficient (Wildman–Crippen LogP) is 1.63. The van der Waals surface area contributed by atoms with Gasteiger partial charge in [0.25, 0.3) is 0 Å². The fourth-order valence-electron chi connectivity index (χ4n) is 4.98. The number of halogens is 2. The van der Waals surface area contributed by atoms with Gasteiger partial charge >= 0.3 is 12.2 Å². The average Bonchev–Trinajstić information content (AvgIpc) is 3.01. The number of hydrogen-bond donors (Lipinski definition) is 6. The van der Waals surface area contributed by atoms with Gasteiger partial charge in [-0.05, 0) is 36.8 Å².